The summed E-state index contributed by atoms with van der Waals surface area (Å²) >= 11 is 0. The quantitative estimate of drug-likeness (QED) is 0.139. The number of carbonyl (C=O) groups excluding carboxylic acids is 3. The van der Waals surface area contributed by atoms with Crippen LogP contribution in [-0.4, -0.2) is 92.3 Å². The number of guanidine groups is 2. The maximum atomic E-state index is 13.6. The number of nitrogens with zero attached hydrogens (tertiary/aromatic N) is 4. The van der Waals surface area contributed by atoms with E-state index >= 15 is 0 Å². The van der Waals surface area contributed by atoms with Crippen LogP contribution < -0.4 is 22.1 Å². The normalized spacial score (nSPS) is 29.1. The average Bonchev–Trinajstić information content (AvgIpc) is 3.45. The summed E-state index contributed by atoms with van der Waals surface area (Å²) in [4.78, 5) is 47.6. The Bertz CT molecular complexity index is 1380. The Morgan fingerprint density at radius 3 is 2.29 bits per heavy atom. The van der Waals surface area contributed by atoms with Crippen LogP contribution in [0.4, 0.5) is 26.3 Å². The van der Waals surface area contributed by atoms with Crippen molar-refractivity contribution < 1.29 is 50.9 Å². The van der Waals surface area contributed by atoms with Crippen LogP contribution >= 0.6 is 0 Å². The van der Waals surface area contributed by atoms with Crippen LogP contribution in [0.1, 0.15) is 34.3 Å². The number of likely N-dealkylation sites (tertiary alicyclic amines) is 1. The van der Waals surface area contributed by atoms with E-state index in [1.165, 1.54) is 0 Å². The molecule has 0 bridgehead atoms. The van der Waals surface area contributed by atoms with Gasteiger partial charge in [0.25, 0.3) is 5.91 Å². The molecule has 4 atom stereocenters. The summed E-state index contributed by atoms with van der Waals surface area (Å²) in [6.45, 7) is -0.988. The lowest BCUT2D eigenvalue weighted by Gasteiger charge is -2.49. The van der Waals surface area contributed by atoms with E-state index in [1.54, 1.807) is 0 Å². The first-order valence-corrected chi connectivity index (χ1v) is 12.0. The van der Waals surface area contributed by atoms with Crippen molar-refractivity contribution in [3.8, 4) is 0 Å². The molecule has 1 spiro atoms. The van der Waals surface area contributed by atoms with E-state index in [-0.39, 0.29) is 49.5 Å². The predicted molar refractivity (Wildman–Crippen MR) is 124 cm³/mol. The molecule has 5 rings (SSSR count). The Morgan fingerprint density at radius 2 is 1.71 bits per heavy atom. The molecule has 8 N–H and O–H groups in total. The van der Waals surface area contributed by atoms with Gasteiger partial charge in [0.15, 0.2) is 17.6 Å². The Morgan fingerprint density at radius 1 is 1.07 bits per heavy atom. The van der Waals surface area contributed by atoms with E-state index < -0.39 is 82.9 Å². The minimum absolute atomic E-state index is 0.00278. The van der Waals surface area contributed by atoms with Gasteiger partial charge in [0.2, 0.25) is 17.6 Å². The number of hydrogen-bond acceptors (Lipinski definition) is 11. The average molecular weight is 592 g/mol. The zero-order valence-corrected chi connectivity index (χ0v) is 20.6. The highest BCUT2D eigenvalue weighted by Gasteiger charge is 2.73. The van der Waals surface area contributed by atoms with Gasteiger partial charge < -0.3 is 37.2 Å². The molecule has 0 radical (unpaired) electrons. The highest BCUT2D eigenvalue weighted by atomic mass is 19.4. The van der Waals surface area contributed by atoms with Gasteiger partial charge in [-0.15, -0.1) is 0 Å². The molecule has 4 heterocycles. The van der Waals surface area contributed by atoms with E-state index in [9.17, 15) is 50.9 Å². The number of hydrogen-bond donors (Lipinski definition) is 6. The van der Waals surface area contributed by atoms with Crippen LogP contribution in [0.15, 0.2) is 28.2 Å². The molecule has 0 aromatic heterocycles. The van der Waals surface area contributed by atoms with Gasteiger partial charge in [-0.1, -0.05) is 0 Å². The molecule has 222 valence electrons. The van der Waals surface area contributed by atoms with Crippen molar-refractivity contribution in [2.75, 3.05) is 13.1 Å². The molecule has 13 nitrogen and oxygen atoms in total. The summed E-state index contributed by atoms with van der Waals surface area (Å²) in [7, 11) is 0. The smallest absolute Gasteiger partial charge is 0.370 e. The Balaban J connectivity index is 1.49. The third-order valence-corrected chi connectivity index (χ3v) is 7.53. The molecule has 2 saturated heterocycles. The first-order chi connectivity index (χ1) is 18.9. The first-order valence-electron chi connectivity index (χ1n) is 12.0. The van der Waals surface area contributed by atoms with Crippen molar-refractivity contribution in [3.05, 3.63) is 34.9 Å². The zero-order chi connectivity index (χ0) is 30.3. The highest BCUT2D eigenvalue weighted by Crippen LogP contribution is 2.45. The van der Waals surface area contributed by atoms with Crippen molar-refractivity contribution in [3.63, 3.8) is 0 Å². The van der Waals surface area contributed by atoms with Crippen LogP contribution in [0.3, 0.4) is 0 Å². The van der Waals surface area contributed by atoms with Gasteiger partial charge >= 0.3 is 12.4 Å². The Hall–Kier alpha value is -4.13. The summed E-state index contributed by atoms with van der Waals surface area (Å²) in [5.74, 6) is -6.61. The van der Waals surface area contributed by atoms with Crippen LogP contribution in [0.2, 0.25) is 0 Å². The topological polar surface area (TPSA) is 199 Å². The van der Waals surface area contributed by atoms with Gasteiger partial charge in [-0.05, 0) is 18.2 Å². The third-order valence-electron chi connectivity index (χ3n) is 7.53. The van der Waals surface area contributed by atoms with E-state index in [0.717, 1.165) is 9.80 Å². The molecule has 41 heavy (non-hydrogen) atoms. The number of aliphatic hydroxyl groups is 2. The van der Waals surface area contributed by atoms with Gasteiger partial charge in [0.05, 0.1) is 29.3 Å². The number of benzene rings is 1. The highest BCUT2D eigenvalue weighted by molar-refractivity contribution is 6.02. The molecule has 0 aliphatic carbocycles. The van der Waals surface area contributed by atoms with Crippen LogP contribution in [0.5, 0.6) is 0 Å². The summed E-state index contributed by atoms with van der Waals surface area (Å²) in [5.41, 5.74) is 5.06. The fourth-order valence-corrected chi connectivity index (χ4v) is 5.64. The third kappa shape index (κ3) is 4.30. The molecule has 1 aromatic rings. The molecule has 1 aromatic carbocycles. The molecule has 19 heteroatoms. The minimum atomic E-state index is -5.23. The van der Waals surface area contributed by atoms with Crippen molar-refractivity contribution in [2.45, 2.75) is 54.8 Å². The van der Waals surface area contributed by atoms with E-state index in [1.807, 2.05) is 5.32 Å². The number of aliphatic imine (C=N–C) groups is 2. The summed E-state index contributed by atoms with van der Waals surface area (Å²) in [5, 5.41) is 27.3. The van der Waals surface area contributed by atoms with Crippen LogP contribution in [0.25, 0.3) is 0 Å². The SMILES string of the molecule is NC1=N[C@H]2[C@H](CN3C(=O)CCC3=O)N=C(N)N3C[C@H](NC(=O)c4cc(C(F)(F)F)ccc4C(F)(F)F)C(O)(O)[C@]23N1. The predicted octanol–water partition coefficient (Wildman–Crippen LogP) is -1.35. The van der Waals surface area contributed by atoms with Crippen LogP contribution in [0, 0.1) is 0 Å². The van der Waals surface area contributed by atoms with Gasteiger partial charge in [0, 0.05) is 19.4 Å². The molecular weight excluding hydrogens is 570 g/mol. The molecule has 3 amide bonds. The molecule has 0 saturated carbocycles. The Labute approximate surface area is 225 Å². The number of rotatable bonds is 4. The van der Waals surface area contributed by atoms with E-state index in [2.05, 4.69) is 15.3 Å². The number of nitrogens with two attached hydrogens (primary N) is 2. The number of amides is 3. The lowest BCUT2D eigenvalue weighted by Crippen LogP contribution is -2.78. The zero-order valence-electron chi connectivity index (χ0n) is 20.6. The van der Waals surface area contributed by atoms with Crippen molar-refractivity contribution >= 4 is 29.6 Å². The fourth-order valence-electron chi connectivity index (χ4n) is 5.64. The fraction of sp³-hybridized carbons (Fsp3) is 0.500. The standard InChI is InChI=1S/C22H22F6N8O5/c23-21(24,25)8-1-2-10(22(26,27)28)9(5-8)16(39)32-12-7-36-18(30)31-11(6-35-13(37)3-4-14(35)38)15-19(36,20(12,40)41)34-17(29)33-15/h1-2,5,11-12,15,40-41H,3-4,6-7H2,(H2,30,31)(H,32,39)(H3,29,33,34)/t11-,12-,15-,19-/m0/s1. The Kier molecular flexibility index (Phi) is 6.19. The number of imide groups is 1. The minimum Gasteiger partial charge on any atom is -0.370 e. The molecule has 4 aliphatic heterocycles. The second kappa shape index (κ2) is 8.93. The molecule has 2 fully saturated rings. The monoisotopic (exact) mass is 592 g/mol. The maximum Gasteiger partial charge on any atom is 0.417 e. The van der Waals surface area contributed by atoms with Crippen LogP contribution in [-0.2, 0) is 21.9 Å². The number of nitrogens with one attached hydrogen (secondary N) is 2. The summed E-state index contributed by atoms with van der Waals surface area (Å²) in [6, 6.07) is -4.14. The van der Waals surface area contributed by atoms with E-state index in [0.29, 0.717) is 0 Å². The molecule has 4 aliphatic rings. The van der Waals surface area contributed by atoms with E-state index in [4.69, 9.17) is 11.5 Å². The van der Waals surface area contributed by atoms with Gasteiger partial charge in [-0.25, -0.2) is 9.98 Å². The van der Waals surface area contributed by atoms with Crippen molar-refractivity contribution in [2.24, 2.45) is 21.5 Å². The number of halogens is 6. The molecular formula is C22H22F6N8O5. The first kappa shape index (κ1) is 28.4. The summed E-state index contributed by atoms with van der Waals surface area (Å²) in [6.07, 6.45) is -10.4. The maximum absolute atomic E-state index is 13.6. The lowest BCUT2D eigenvalue weighted by molar-refractivity contribution is -0.230. The van der Waals surface area contributed by atoms with Gasteiger partial charge in [-0.2, -0.15) is 26.3 Å². The largest absolute Gasteiger partial charge is 0.417 e. The van der Waals surface area contributed by atoms with Gasteiger partial charge in [0.1, 0.15) is 12.1 Å². The summed E-state index contributed by atoms with van der Waals surface area (Å²) < 4.78 is 80.5. The van der Waals surface area contributed by atoms with Crippen molar-refractivity contribution in [1.29, 1.82) is 0 Å². The lowest BCUT2D eigenvalue weighted by atomic mass is 9.84. The number of carbonyl (C=O) groups is 3. The van der Waals surface area contributed by atoms with Gasteiger partial charge in [-0.3, -0.25) is 19.3 Å². The second-order valence-corrected chi connectivity index (χ2v) is 9.92. The molecule has 0 unspecified atom stereocenters. The van der Waals surface area contributed by atoms with Crippen molar-refractivity contribution in [1.82, 2.24) is 20.4 Å². The number of alkyl halides is 6. The second-order valence-electron chi connectivity index (χ2n) is 9.92.